The lowest BCUT2D eigenvalue weighted by Gasteiger charge is -2.41. The van der Waals surface area contributed by atoms with Gasteiger partial charge < -0.3 is 14.8 Å². The molecule has 1 unspecified atom stereocenters. The zero-order valence-electron chi connectivity index (χ0n) is 10.8. The number of rotatable bonds is 3. The Morgan fingerprint density at radius 3 is 2.50 bits per heavy atom. The van der Waals surface area contributed by atoms with Crippen LogP contribution in [0.25, 0.3) is 0 Å². The summed E-state index contributed by atoms with van der Waals surface area (Å²) >= 11 is 0. The molecule has 1 N–H and O–H groups in total. The molecule has 2 rings (SSSR count). The molecule has 1 aliphatic heterocycles. The summed E-state index contributed by atoms with van der Waals surface area (Å²) < 4.78 is 11.4. The Morgan fingerprint density at radius 1 is 1.19 bits per heavy atom. The summed E-state index contributed by atoms with van der Waals surface area (Å²) in [4.78, 5) is 0. The van der Waals surface area contributed by atoms with Gasteiger partial charge in [0.2, 0.25) is 0 Å². The van der Waals surface area contributed by atoms with E-state index in [0.29, 0.717) is 18.2 Å². The second-order valence-corrected chi connectivity index (χ2v) is 6.10. The predicted octanol–water partition coefficient (Wildman–Crippen LogP) is 2.10. The SMILES string of the molecule is CC(C)(C)OC1CC(NC2CCCOC2)C1. The van der Waals surface area contributed by atoms with Crippen LogP contribution in [0.3, 0.4) is 0 Å². The van der Waals surface area contributed by atoms with E-state index in [1.807, 2.05) is 0 Å². The third-order valence-corrected chi connectivity index (χ3v) is 3.25. The molecule has 0 radical (unpaired) electrons. The van der Waals surface area contributed by atoms with Crippen molar-refractivity contribution in [2.75, 3.05) is 13.2 Å². The minimum Gasteiger partial charge on any atom is -0.380 e. The summed E-state index contributed by atoms with van der Waals surface area (Å²) in [5.74, 6) is 0. The summed E-state index contributed by atoms with van der Waals surface area (Å²) in [5, 5.41) is 3.67. The summed E-state index contributed by atoms with van der Waals surface area (Å²) in [7, 11) is 0. The van der Waals surface area contributed by atoms with E-state index in [9.17, 15) is 0 Å². The van der Waals surface area contributed by atoms with Crippen LogP contribution in [-0.4, -0.2) is 37.0 Å². The van der Waals surface area contributed by atoms with Crippen LogP contribution in [0.5, 0.6) is 0 Å². The number of hydrogen-bond donors (Lipinski definition) is 1. The Balaban J connectivity index is 1.61. The van der Waals surface area contributed by atoms with E-state index in [-0.39, 0.29) is 5.60 Å². The standard InChI is InChI=1S/C13H25NO2/c1-13(2,3)16-12-7-11(8-12)14-10-5-4-6-15-9-10/h10-12,14H,4-9H2,1-3H3. The van der Waals surface area contributed by atoms with Gasteiger partial charge in [-0.2, -0.15) is 0 Å². The van der Waals surface area contributed by atoms with Crippen molar-refractivity contribution in [2.24, 2.45) is 0 Å². The minimum atomic E-state index is 0.00356. The first-order chi connectivity index (χ1) is 7.53. The third kappa shape index (κ3) is 3.72. The van der Waals surface area contributed by atoms with Crippen molar-refractivity contribution < 1.29 is 9.47 Å². The summed E-state index contributed by atoms with van der Waals surface area (Å²) in [6.45, 7) is 8.22. The molecule has 1 saturated carbocycles. The lowest BCUT2D eigenvalue weighted by atomic mass is 9.87. The molecule has 3 heteroatoms. The van der Waals surface area contributed by atoms with Crippen molar-refractivity contribution in [3.05, 3.63) is 0 Å². The maximum Gasteiger partial charge on any atom is 0.0619 e. The molecule has 0 bridgehead atoms. The van der Waals surface area contributed by atoms with Crippen molar-refractivity contribution in [3.63, 3.8) is 0 Å². The van der Waals surface area contributed by atoms with E-state index in [0.717, 1.165) is 26.1 Å². The van der Waals surface area contributed by atoms with Crippen molar-refractivity contribution in [1.29, 1.82) is 0 Å². The van der Waals surface area contributed by atoms with Gasteiger partial charge in [-0.1, -0.05) is 0 Å². The topological polar surface area (TPSA) is 30.5 Å². The second-order valence-electron chi connectivity index (χ2n) is 6.10. The van der Waals surface area contributed by atoms with Gasteiger partial charge >= 0.3 is 0 Å². The quantitative estimate of drug-likeness (QED) is 0.801. The third-order valence-electron chi connectivity index (χ3n) is 3.25. The Bertz CT molecular complexity index is 212. The molecule has 0 aromatic heterocycles. The molecule has 0 spiro atoms. The molecule has 0 aromatic rings. The molecule has 0 amide bonds. The molecule has 2 fully saturated rings. The maximum atomic E-state index is 5.92. The number of ether oxygens (including phenoxy) is 2. The lowest BCUT2D eigenvalue weighted by Crippen LogP contribution is -2.52. The fourth-order valence-electron chi connectivity index (χ4n) is 2.50. The Hall–Kier alpha value is -0.120. The highest BCUT2D eigenvalue weighted by Crippen LogP contribution is 2.28. The normalized spacial score (nSPS) is 35.8. The molecule has 1 saturated heterocycles. The zero-order chi connectivity index (χ0) is 11.6. The monoisotopic (exact) mass is 227 g/mol. The first-order valence-electron chi connectivity index (χ1n) is 6.54. The molecular weight excluding hydrogens is 202 g/mol. The van der Waals surface area contributed by atoms with E-state index >= 15 is 0 Å². The number of hydrogen-bond acceptors (Lipinski definition) is 3. The fraction of sp³-hybridized carbons (Fsp3) is 1.00. The van der Waals surface area contributed by atoms with E-state index in [1.165, 1.54) is 12.8 Å². The summed E-state index contributed by atoms with van der Waals surface area (Å²) in [5.41, 5.74) is 0.00356. The molecule has 94 valence electrons. The van der Waals surface area contributed by atoms with Gasteiger partial charge in [-0.3, -0.25) is 0 Å². The van der Waals surface area contributed by atoms with Crippen LogP contribution in [0.2, 0.25) is 0 Å². The summed E-state index contributed by atoms with van der Waals surface area (Å²) in [6.07, 6.45) is 5.25. The molecular formula is C13H25NO2. The van der Waals surface area contributed by atoms with E-state index in [1.54, 1.807) is 0 Å². The molecule has 16 heavy (non-hydrogen) atoms. The molecule has 1 aliphatic carbocycles. The highest BCUT2D eigenvalue weighted by molar-refractivity contribution is 4.90. The maximum absolute atomic E-state index is 5.92. The Kier molecular flexibility index (Phi) is 3.88. The summed E-state index contributed by atoms with van der Waals surface area (Å²) in [6, 6.07) is 1.23. The highest BCUT2D eigenvalue weighted by Gasteiger charge is 2.34. The fourth-order valence-corrected chi connectivity index (χ4v) is 2.50. The largest absolute Gasteiger partial charge is 0.380 e. The van der Waals surface area contributed by atoms with Crippen molar-refractivity contribution >= 4 is 0 Å². The second kappa shape index (κ2) is 5.03. The Labute approximate surface area is 98.9 Å². The van der Waals surface area contributed by atoms with Crippen LogP contribution in [-0.2, 0) is 9.47 Å². The van der Waals surface area contributed by atoms with Crippen LogP contribution in [0.1, 0.15) is 46.5 Å². The van der Waals surface area contributed by atoms with E-state index < -0.39 is 0 Å². The predicted molar refractivity (Wildman–Crippen MR) is 64.6 cm³/mol. The van der Waals surface area contributed by atoms with Crippen LogP contribution < -0.4 is 5.32 Å². The van der Waals surface area contributed by atoms with Gasteiger partial charge in [0.05, 0.1) is 18.3 Å². The van der Waals surface area contributed by atoms with Gasteiger partial charge in [0.15, 0.2) is 0 Å². The molecule has 3 nitrogen and oxygen atoms in total. The molecule has 2 aliphatic rings. The zero-order valence-corrected chi connectivity index (χ0v) is 10.8. The molecule has 1 heterocycles. The molecule has 1 atom stereocenters. The van der Waals surface area contributed by atoms with Crippen LogP contribution >= 0.6 is 0 Å². The van der Waals surface area contributed by atoms with Crippen LogP contribution in [0, 0.1) is 0 Å². The minimum absolute atomic E-state index is 0.00356. The lowest BCUT2D eigenvalue weighted by molar-refractivity contribution is -0.105. The Morgan fingerprint density at radius 2 is 1.94 bits per heavy atom. The van der Waals surface area contributed by atoms with E-state index in [4.69, 9.17) is 9.47 Å². The van der Waals surface area contributed by atoms with Crippen molar-refractivity contribution in [2.45, 2.75) is 70.2 Å². The van der Waals surface area contributed by atoms with Crippen molar-refractivity contribution in [3.8, 4) is 0 Å². The van der Waals surface area contributed by atoms with Gasteiger partial charge in [-0.15, -0.1) is 0 Å². The first-order valence-corrected chi connectivity index (χ1v) is 6.54. The van der Waals surface area contributed by atoms with Gasteiger partial charge in [0.1, 0.15) is 0 Å². The van der Waals surface area contributed by atoms with Gasteiger partial charge in [-0.25, -0.2) is 0 Å². The first kappa shape index (κ1) is 12.3. The van der Waals surface area contributed by atoms with Crippen molar-refractivity contribution in [1.82, 2.24) is 5.32 Å². The number of nitrogens with one attached hydrogen (secondary N) is 1. The highest BCUT2D eigenvalue weighted by atomic mass is 16.5. The average Bonchev–Trinajstić information content (AvgIpc) is 2.14. The smallest absolute Gasteiger partial charge is 0.0619 e. The van der Waals surface area contributed by atoms with Gasteiger partial charge in [0.25, 0.3) is 0 Å². The molecule has 0 aromatic carbocycles. The van der Waals surface area contributed by atoms with Crippen LogP contribution in [0.4, 0.5) is 0 Å². The average molecular weight is 227 g/mol. The van der Waals surface area contributed by atoms with E-state index in [2.05, 4.69) is 26.1 Å². The van der Waals surface area contributed by atoms with Gasteiger partial charge in [-0.05, 0) is 46.5 Å². The van der Waals surface area contributed by atoms with Gasteiger partial charge in [0, 0.05) is 18.7 Å². The van der Waals surface area contributed by atoms with Crippen LogP contribution in [0.15, 0.2) is 0 Å².